The molecule has 3 aliphatic rings. The van der Waals surface area contributed by atoms with Crippen molar-refractivity contribution in [2.75, 3.05) is 19.8 Å². The van der Waals surface area contributed by atoms with Crippen LogP contribution in [0.1, 0.15) is 0 Å². The molecule has 3 heterocycles. The summed E-state index contributed by atoms with van der Waals surface area (Å²) in [6.45, 7) is 1.08. The van der Waals surface area contributed by atoms with E-state index in [0.29, 0.717) is 19.8 Å². The molecule has 9 heavy (non-hydrogen) atoms. The zero-order chi connectivity index (χ0) is 6.32. The number of rotatable bonds is 0. The minimum absolute atomic E-state index is 0.360. The zero-order valence-electron chi connectivity index (χ0n) is 4.74. The van der Waals surface area contributed by atoms with Gasteiger partial charge >= 0.3 is 8.60 Å². The van der Waals surface area contributed by atoms with Crippen LogP contribution in [0.25, 0.3) is 0 Å². The number of fused-ring (bicyclic) bond motifs is 3. The molecule has 3 aliphatic heterocycles. The van der Waals surface area contributed by atoms with E-state index in [2.05, 4.69) is 0 Å². The third-order valence-electron chi connectivity index (χ3n) is 1.32. The summed E-state index contributed by atoms with van der Waals surface area (Å²) in [7, 11) is -1.10. The zero-order valence-corrected chi connectivity index (χ0v) is 5.63. The monoisotopic (exact) mass is 150 g/mol. The Morgan fingerprint density at radius 1 is 1.11 bits per heavy atom. The van der Waals surface area contributed by atoms with Gasteiger partial charge in [0.05, 0.1) is 19.8 Å². The SMILES string of the molecule is OC12COP(OC1)OC2. The minimum atomic E-state index is -1.10. The van der Waals surface area contributed by atoms with Crippen molar-refractivity contribution in [1.82, 2.24) is 0 Å². The second kappa shape index (κ2) is 1.87. The van der Waals surface area contributed by atoms with Crippen LogP contribution in [0.2, 0.25) is 0 Å². The van der Waals surface area contributed by atoms with Crippen molar-refractivity contribution in [2.45, 2.75) is 5.60 Å². The summed E-state index contributed by atoms with van der Waals surface area (Å²) >= 11 is 0. The molecule has 5 heteroatoms. The lowest BCUT2D eigenvalue weighted by molar-refractivity contribution is -0.138. The molecule has 0 unspecified atom stereocenters. The number of aliphatic hydroxyl groups is 1. The molecule has 4 nitrogen and oxygen atoms in total. The van der Waals surface area contributed by atoms with Crippen LogP contribution in [-0.4, -0.2) is 30.5 Å². The molecule has 3 rings (SSSR count). The van der Waals surface area contributed by atoms with Crippen LogP contribution < -0.4 is 0 Å². The standard InChI is InChI=1S/C4H7O4P/c5-4-1-6-9(7-2-4)8-3-4/h5H,1-3H2. The molecule has 0 aromatic heterocycles. The highest BCUT2D eigenvalue weighted by atomic mass is 31.2. The number of hydrogen-bond donors (Lipinski definition) is 1. The molecular weight excluding hydrogens is 143 g/mol. The van der Waals surface area contributed by atoms with Crippen molar-refractivity contribution in [3.8, 4) is 0 Å². The Kier molecular flexibility index (Phi) is 1.25. The van der Waals surface area contributed by atoms with Crippen LogP contribution in [0.3, 0.4) is 0 Å². The molecular formula is C4H7O4P. The fourth-order valence-electron chi connectivity index (χ4n) is 0.755. The van der Waals surface area contributed by atoms with Crippen molar-refractivity contribution in [3.05, 3.63) is 0 Å². The Labute approximate surface area is 53.7 Å². The molecule has 52 valence electrons. The summed E-state index contributed by atoms with van der Waals surface area (Å²) in [5.41, 5.74) is -0.864. The fourth-order valence-corrected chi connectivity index (χ4v) is 2.02. The van der Waals surface area contributed by atoms with Crippen LogP contribution in [0.4, 0.5) is 0 Å². The van der Waals surface area contributed by atoms with Crippen LogP contribution in [0.5, 0.6) is 0 Å². The summed E-state index contributed by atoms with van der Waals surface area (Å²) in [5, 5.41) is 9.35. The molecule has 1 N–H and O–H groups in total. The molecule has 0 aliphatic carbocycles. The van der Waals surface area contributed by atoms with E-state index in [4.69, 9.17) is 13.6 Å². The van der Waals surface area contributed by atoms with Crippen molar-refractivity contribution in [3.63, 3.8) is 0 Å². The third kappa shape index (κ3) is 0.974. The Hall–Kier alpha value is 0.270. The van der Waals surface area contributed by atoms with E-state index in [1.165, 1.54) is 0 Å². The van der Waals surface area contributed by atoms with Gasteiger partial charge in [0.25, 0.3) is 0 Å². The molecule has 0 spiro atoms. The van der Waals surface area contributed by atoms with Crippen molar-refractivity contribution in [1.29, 1.82) is 0 Å². The van der Waals surface area contributed by atoms with Gasteiger partial charge in [-0.3, -0.25) is 0 Å². The second-order valence-corrected chi connectivity index (χ2v) is 3.49. The summed E-state index contributed by atoms with van der Waals surface area (Å²) in [5.74, 6) is 0. The molecule has 0 saturated carbocycles. The molecule has 0 amide bonds. The maximum atomic E-state index is 9.35. The highest BCUT2D eigenvalue weighted by Crippen LogP contribution is 2.49. The molecule has 0 atom stereocenters. The maximum Gasteiger partial charge on any atom is 0.332 e. The van der Waals surface area contributed by atoms with Gasteiger partial charge in [0.15, 0.2) is 0 Å². The lowest BCUT2D eigenvalue weighted by Gasteiger charge is -2.40. The van der Waals surface area contributed by atoms with E-state index < -0.39 is 14.2 Å². The van der Waals surface area contributed by atoms with Crippen molar-refractivity contribution < 1.29 is 18.7 Å². The normalized spacial score (nSPS) is 49.7. The Morgan fingerprint density at radius 2 is 1.56 bits per heavy atom. The minimum Gasteiger partial charge on any atom is -0.383 e. The summed E-state index contributed by atoms with van der Waals surface area (Å²) < 4.78 is 14.9. The Bertz CT molecular complexity index is 106. The maximum absolute atomic E-state index is 9.35. The Balaban J connectivity index is 2.11. The van der Waals surface area contributed by atoms with Crippen LogP contribution in [0.15, 0.2) is 0 Å². The van der Waals surface area contributed by atoms with Gasteiger partial charge in [0.1, 0.15) is 5.60 Å². The largest absolute Gasteiger partial charge is 0.383 e. The molecule has 3 saturated heterocycles. The second-order valence-electron chi connectivity index (χ2n) is 2.27. The Morgan fingerprint density at radius 3 is 1.78 bits per heavy atom. The summed E-state index contributed by atoms with van der Waals surface area (Å²) in [4.78, 5) is 0. The first kappa shape index (κ1) is 6.01. The fraction of sp³-hybridized carbons (Fsp3) is 1.00. The van der Waals surface area contributed by atoms with E-state index in [1.807, 2.05) is 0 Å². The first-order valence-corrected chi connectivity index (χ1v) is 3.79. The van der Waals surface area contributed by atoms with Crippen LogP contribution >= 0.6 is 8.60 Å². The lowest BCUT2D eigenvalue weighted by Crippen LogP contribution is -2.49. The van der Waals surface area contributed by atoms with Gasteiger partial charge < -0.3 is 18.7 Å². The first-order chi connectivity index (χ1) is 4.29. The van der Waals surface area contributed by atoms with Crippen LogP contribution in [-0.2, 0) is 13.6 Å². The van der Waals surface area contributed by atoms with E-state index in [9.17, 15) is 5.11 Å². The topological polar surface area (TPSA) is 47.9 Å². The first-order valence-electron chi connectivity index (χ1n) is 2.70. The highest BCUT2D eigenvalue weighted by molar-refractivity contribution is 7.41. The van der Waals surface area contributed by atoms with E-state index in [1.54, 1.807) is 0 Å². The highest BCUT2D eigenvalue weighted by Gasteiger charge is 2.42. The van der Waals surface area contributed by atoms with Gasteiger partial charge in [0.2, 0.25) is 0 Å². The average molecular weight is 150 g/mol. The number of hydrogen-bond acceptors (Lipinski definition) is 4. The van der Waals surface area contributed by atoms with Crippen LogP contribution in [0, 0.1) is 0 Å². The van der Waals surface area contributed by atoms with Gasteiger partial charge in [-0.05, 0) is 0 Å². The van der Waals surface area contributed by atoms with E-state index in [0.717, 1.165) is 0 Å². The van der Waals surface area contributed by atoms with E-state index >= 15 is 0 Å². The van der Waals surface area contributed by atoms with Gasteiger partial charge in [-0.15, -0.1) is 0 Å². The molecule has 0 radical (unpaired) electrons. The smallest absolute Gasteiger partial charge is 0.332 e. The van der Waals surface area contributed by atoms with Gasteiger partial charge in [-0.2, -0.15) is 0 Å². The summed E-state index contributed by atoms with van der Waals surface area (Å²) in [6.07, 6.45) is 0. The predicted octanol–water partition coefficient (Wildman–Crippen LogP) is 0.0214. The predicted molar refractivity (Wildman–Crippen MR) is 29.7 cm³/mol. The molecule has 0 aromatic carbocycles. The third-order valence-corrected chi connectivity index (χ3v) is 2.34. The molecule has 0 aromatic rings. The van der Waals surface area contributed by atoms with E-state index in [-0.39, 0.29) is 0 Å². The van der Waals surface area contributed by atoms with Crippen molar-refractivity contribution in [2.24, 2.45) is 0 Å². The summed E-state index contributed by atoms with van der Waals surface area (Å²) in [6, 6.07) is 0. The quantitative estimate of drug-likeness (QED) is 0.494. The average Bonchev–Trinajstić information content (AvgIpc) is 1.90. The molecule has 3 fully saturated rings. The van der Waals surface area contributed by atoms with Gasteiger partial charge in [0, 0.05) is 0 Å². The van der Waals surface area contributed by atoms with Crippen molar-refractivity contribution >= 4 is 8.60 Å². The lowest BCUT2D eigenvalue weighted by atomic mass is 10.1. The van der Waals surface area contributed by atoms with Gasteiger partial charge in [-0.1, -0.05) is 0 Å². The van der Waals surface area contributed by atoms with Gasteiger partial charge in [-0.25, -0.2) is 0 Å². The molecule has 2 bridgehead atoms.